The Morgan fingerprint density at radius 3 is 2.37 bits per heavy atom. The van der Waals surface area contributed by atoms with Crippen molar-refractivity contribution >= 4 is 34.3 Å². The van der Waals surface area contributed by atoms with Crippen LogP contribution in [-0.4, -0.2) is 75.6 Å². The highest BCUT2D eigenvalue weighted by Crippen LogP contribution is 2.25. The average molecular weight is 492 g/mol. The van der Waals surface area contributed by atoms with Crippen LogP contribution in [0.3, 0.4) is 0 Å². The molecule has 2 aromatic heterocycles. The maximum absolute atomic E-state index is 13.1. The molecule has 3 aromatic rings. The predicted octanol–water partition coefficient (Wildman–Crippen LogP) is 3.38. The number of rotatable bonds is 5. The van der Waals surface area contributed by atoms with E-state index >= 15 is 0 Å². The summed E-state index contributed by atoms with van der Waals surface area (Å²) in [5, 5.41) is 7.35. The molecule has 0 unspecified atom stereocenters. The van der Waals surface area contributed by atoms with Crippen LogP contribution in [0.5, 0.6) is 0 Å². The Morgan fingerprint density at radius 2 is 1.66 bits per heavy atom. The van der Waals surface area contributed by atoms with E-state index < -0.39 is 0 Å². The van der Waals surface area contributed by atoms with Crippen molar-refractivity contribution < 1.29 is 9.59 Å². The highest BCUT2D eigenvalue weighted by molar-refractivity contribution is 7.10. The lowest BCUT2D eigenvalue weighted by atomic mass is 9.90. The standard InChI is InChI=1S/C25H29N7O2S/c33-24(31-16-14-30(15-17-31)21-8-4-5-11-26-21)22-23(35-29-28-22)27-25(34)32-12-9-20(10-13-32)18-19-6-2-1-3-7-19/h1-8,11,20H,9-10,12-18H2,(H,27,34). The number of hydrogen-bond acceptors (Lipinski definition) is 7. The third-order valence-electron chi connectivity index (χ3n) is 6.72. The molecule has 2 aliphatic heterocycles. The van der Waals surface area contributed by atoms with Gasteiger partial charge in [-0.1, -0.05) is 40.9 Å². The fourth-order valence-electron chi connectivity index (χ4n) is 4.71. The van der Waals surface area contributed by atoms with Crippen LogP contribution in [0, 0.1) is 5.92 Å². The van der Waals surface area contributed by atoms with E-state index in [0.717, 1.165) is 36.6 Å². The Kier molecular flexibility index (Phi) is 7.17. The summed E-state index contributed by atoms with van der Waals surface area (Å²) in [5.41, 5.74) is 1.56. The maximum atomic E-state index is 13.1. The van der Waals surface area contributed by atoms with Gasteiger partial charge in [0, 0.05) is 57.0 Å². The number of hydrogen-bond donors (Lipinski definition) is 1. The third kappa shape index (κ3) is 5.59. The highest BCUT2D eigenvalue weighted by atomic mass is 32.1. The fraction of sp³-hybridized carbons (Fsp3) is 0.400. The smallest absolute Gasteiger partial charge is 0.322 e. The van der Waals surface area contributed by atoms with E-state index in [1.54, 1.807) is 11.1 Å². The van der Waals surface area contributed by atoms with Crippen LogP contribution in [0.25, 0.3) is 0 Å². The molecule has 2 aliphatic rings. The first-order chi connectivity index (χ1) is 17.2. The molecular weight excluding hydrogens is 462 g/mol. The average Bonchev–Trinajstić information content (AvgIpc) is 3.38. The van der Waals surface area contributed by atoms with Gasteiger partial charge < -0.3 is 14.7 Å². The SMILES string of the molecule is O=C(Nc1snnc1C(=O)N1CCN(c2ccccn2)CC1)N1CCC(Cc2ccccc2)CC1. The molecule has 1 aromatic carbocycles. The van der Waals surface area contributed by atoms with Gasteiger partial charge in [0.2, 0.25) is 0 Å². The Bertz CT molecular complexity index is 1120. The summed E-state index contributed by atoms with van der Waals surface area (Å²) in [5.74, 6) is 1.29. The van der Waals surface area contributed by atoms with E-state index in [1.165, 1.54) is 5.56 Å². The van der Waals surface area contributed by atoms with E-state index in [4.69, 9.17) is 0 Å². The van der Waals surface area contributed by atoms with Gasteiger partial charge in [0.25, 0.3) is 5.91 Å². The summed E-state index contributed by atoms with van der Waals surface area (Å²) in [4.78, 5) is 36.2. The summed E-state index contributed by atoms with van der Waals surface area (Å²) >= 11 is 1.05. The Morgan fingerprint density at radius 1 is 0.914 bits per heavy atom. The second-order valence-electron chi connectivity index (χ2n) is 8.97. The number of nitrogens with zero attached hydrogens (tertiary/aromatic N) is 6. The van der Waals surface area contributed by atoms with Gasteiger partial charge in [-0.2, -0.15) is 0 Å². The van der Waals surface area contributed by atoms with Crippen LogP contribution in [0.2, 0.25) is 0 Å². The predicted molar refractivity (Wildman–Crippen MR) is 136 cm³/mol. The number of anilines is 2. The monoisotopic (exact) mass is 491 g/mol. The molecule has 0 bridgehead atoms. The van der Waals surface area contributed by atoms with E-state index in [0.29, 0.717) is 50.2 Å². The second kappa shape index (κ2) is 10.8. The molecule has 0 spiro atoms. The Balaban J connectivity index is 1.13. The zero-order chi connectivity index (χ0) is 24.0. The van der Waals surface area contributed by atoms with Crippen LogP contribution < -0.4 is 10.2 Å². The molecule has 10 heteroatoms. The van der Waals surface area contributed by atoms with E-state index in [-0.39, 0.29) is 17.6 Å². The summed E-state index contributed by atoms with van der Waals surface area (Å²) < 4.78 is 3.95. The molecule has 4 heterocycles. The lowest BCUT2D eigenvalue weighted by Crippen LogP contribution is -2.49. The first-order valence-electron chi connectivity index (χ1n) is 12.0. The topological polar surface area (TPSA) is 94.6 Å². The molecule has 9 nitrogen and oxygen atoms in total. The van der Waals surface area contributed by atoms with Crippen molar-refractivity contribution in [1.29, 1.82) is 0 Å². The number of urea groups is 1. The molecule has 35 heavy (non-hydrogen) atoms. The number of benzene rings is 1. The fourth-order valence-corrected chi connectivity index (χ4v) is 5.26. The van der Waals surface area contributed by atoms with Crippen molar-refractivity contribution in [2.24, 2.45) is 5.92 Å². The normalized spacial score (nSPS) is 16.9. The van der Waals surface area contributed by atoms with Gasteiger partial charge in [-0.3, -0.25) is 10.1 Å². The lowest BCUT2D eigenvalue weighted by Gasteiger charge is -2.35. The number of nitrogens with one attached hydrogen (secondary N) is 1. The van der Waals surface area contributed by atoms with E-state index in [1.807, 2.05) is 29.2 Å². The number of pyridine rings is 1. The van der Waals surface area contributed by atoms with Gasteiger partial charge in [-0.25, -0.2) is 9.78 Å². The van der Waals surface area contributed by atoms with Crippen molar-refractivity contribution in [3.63, 3.8) is 0 Å². The van der Waals surface area contributed by atoms with Gasteiger partial charge in [0.15, 0.2) is 10.7 Å². The lowest BCUT2D eigenvalue weighted by molar-refractivity contribution is 0.0741. The van der Waals surface area contributed by atoms with Gasteiger partial charge >= 0.3 is 6.03 Å². The van der Waals surface area contributed by atoms with Crippen molar-refractivity contribution in [1.82, 2.24) is 24.4 Å². The van der Waals surface area contributed by atoms with Crippen LogP contribution in [0.4, 0.5) is 15.6 Å². The second-order valence-corrected chi connectivity index (χ2v) is 9.72. The molecule has 0 aliphatic carbocycles. The van der Waals surface area contributed by atoms with Gasteiger partial charge in [0.05, 0.1) is 0 Å². The molecule has 0 atom stereocenters. The van der Waals surface area contributed by atoms with Crippen LogP contribution in [0.1, 0.15) is 28.9 Å². The number of carbonyl (C=O) groups is 2. The Hall–Kier alpha value is -3.53. The molecule has 182 valence electrons. The van der Waals surface area contributed by atoms with Crippen LogP contribution >= 0.6 is 11.5 Å². The number of aromatic nitrogens is 3. The molecule has 0 saturated carbocycles. The summed E-state index contributed by atoms with van der Waals surface area (Å²) in [7, 11) is 0. The van der Waals surface area contributed by atoms with Crippen LogP contribution in [0.15, 0.2) is 54.7 Å². The minimum absolute atomic E-state index is 0.191. The number of piperazine rings is 1. The van der Waals surface area contributed by atoms with E-state index in [9.17, 15) is 9.59 Å². The minimum atomic E-state index is -0.198. The Labute approximate surface area is 208 Å². The van der Waals surface area contributed by atoms with Crippen LogP contribution in [-0.2, 0) is 6.42 Å². The largest absolute Gasteiger partial charge is 0.353 e. The minimum Gasteiger partial charge on any atom is -0.353 e. The molecule has 1 N–H and O–H groups in total. The molecule has 2 fully saturated rings. The molecule has 0 radical (unpaired) electrons. The molecule has 3 amide bonds. The summed E-state index contributed by atoms with van der Waals surface area (Å²) in [6.07, 6.45) is 4.75. The number of amides is 3. The van der Waals surface area contributed by atoms with Crippen molar-refractivity contribution in [2.75, 3.05) is 49.5 Å². The molecule has 5 rings (SSSR count). The van der Waals surface area contributed by atoms with E-state index in [2.05, 4.69) is 49.1 Å². The first-order valence-corrected chi connectivity index (χ1v) is 12.8. The number of likely N-dealkylation sites (tertiary alicyclic amines) is 1. The van der Waals surface area contributed by atoms with Gasteiger partial charge in [-0.05, 0) is 42.9 Å². The summed E-state index contributed by atoms with van der Waals surface area (Å²) in [6.45, 7) is 3.92. The molecule has 2 saturated heterocycles. The number of piperidine rings is 1. The zero-order valence-corrected chi connectivity index (χ0v) is 20.4. The summed E-state index contributed by atoms with van der Waals surface area (Å²) in [6, 6.07) is 16.1. The first kappa shape index (κ1) is 23.2. The zero-order valence-electron chi connectivity index (χ0n) is 19.5. The highest BCUT2D eigenvalue weighted by Gasteiger charge is 2.29. The quantitative estimate of drug-likeness (QED) is 0.588. The van der Waals surface area contributed by atoms with Gasteiger partial charge in [0.1, 0.15) is 5.82 Å². The van der Waals surface area contributed by atoms with Crippen molar-refractivity contribution in [2.45, 2.75) is 19.3 Å². The number of carbonyl (C=O) groups excluding carboxylic acids is 2. The maximum Gasteiger partial charge on any atom is 0.322 e. The third-order valence-corrected chi connectivity index (χ3v) is 7.36. The molecular formula is C25H29N7O2S. The van der Waals surface area contributed by atoms with Crippen molar-refractivity contribution in [3.05, 3.63) is 66.0 Å². The van der Waals surface area contributed by atoms with Crippen molar-refractivity contribution in [3.8, 4) is 0 Å². The van der Waals surface area contributed by atoms with Gasteiger partial charge in [-0.15, -0.1) is 5.10 Å².